The number of hydrogen-bond donors (Lipinski definition) is 0. The molecule has 0 saturated carbocycles. The van der Waals surface area contributed by atoms with E-state index in [-0.39, 0.29) is 0 Å². The highest BCUT2D eigenvalue weighted by Gasteiger charge is 2.14. The Labute approximate surface area is 313 Å². The van der Waals surface area contributed by atoms with Gasteiger partial charge in [0.1, 0.15) is 0 Å². The second-order valence-corrected chi connectivity index (χ2v) is 13.3. The first-order valence-corrected chi connectivity index (χ1v) is 18.4. The number of aryl methyl sites for hydroxylation is 1. The molecule has 1 nitrogen and oxygen atoms in total. The SMILES string of the molecule is C=Cc1cc(-c2ccc(N(c3ccccc3)c3ccc(-c4ccc(-c5cc(-c6ccccc6)ccc5-c5ccccc5)cc4)cc3)cc2)ccc1CC. The molecule has 0 unspecified atom stereocenters. The zero-order chi connectivity index (χ0) is 36.0. The zero-order valence-electron chi connectivity index (χ0n) is 30.0. The van der Waals surface area contributed by atoms with E-state index < -0.39 is 0 Å². The Morgan fingerprint density at radius 3 is 1.34 bits per heavy atom. The molecule has 1 heteroatoms. The predicted octanol–water partition coefficient (Wildman–Crippen LogP) is 14.7. The van der Waals surface area contributed by atoms with Crippen LogP contribution in [0.3, 0.4) is 0 Å². The fraction of sp³-hybridized carbons (Fsp3) is 0.0385. The molecule has 0 saturated heterocycles. The summed E-state index contributed by atoms with van der Waals surface area (Å²) in [5.74, 6) is 0. The first-order valence-electron chi connectivity index (χ1n) is 18.4. The lowest BCUT2D eigenvalue weighted by atomic mass is 9.90. The Bertz CT molecular complexity index is 2440. The van der Waals surface area contributed by atoms with E-state index in [9.17, 15) is 0 Å². The van der Waals surface area contributed by atoms with Crippen molar-refractivity contribution in [2.45, 2.75) is 13.3 Å². The molecule has 0 fully saturated rings. The highest BCUT2D eigenvalue weighted by atomic mass is 15.1. The smallest absolute Gasteiger partial charge is 0.0462 e. The molecule has 0 bridgehead atoms. The van der Waals surface area contributed by atoms with E-state index in [4.69, 9.17) is 0 Å². The van der Waals surface area contributed by atoms with Crippen molar-refractivity contribution in [2.24, 2.45) is 0 Å². The number of anilines is 3. The molecule has 0 radical (unpaired) electrons. The van der Waals surface area contributed by atoms with Gasteiger partial charge in [0.05, 0.1) is 0 Å². The van der Waals surface area contributed by atoms with Crippen LogP contribution < -0.4 is 4.90 Å². The minimum Gasteiger partial charge on any atom is -0.311 e. The van der Waals surface area contributed by atoms with Crippen molar-refractivity contribution >= 4 is 23.1 Å². The van der Waals surface area contributed by atoms with Crippen molar-refractivity contribution in [1.29, 1.82) is 0 Å². The molecule has 0 aliphatic carbocycles. The maximum absolute atomic E-state index is 4.04. The van der Waals surface area contributed by atoms with Gasteiger partial charge >= 0.3 is 0 Å². The van der Waals surface area contributed by atoms with Gasteiger partial charge in [-0.2, -0.15) is 0 Å². The second-order valence-electron chi connectivity index (χ2n) is 13.3. The molecule has 8 rings (SSSR count). The molecular weight excluding hydrogens is 639 g/mol. The van der Waals surface area contributed by atoms with Crippen LogP contribution in [0.15, 0.2) is 207 Å². The molecule has 0 aromatic heterocycles. The van der Waals surface area contributed by atoms with Gasteiger partial charge in [0.25, 0.3) is 0 Å². The Morgan fingerprint density at radius 2 is 0.774 bits per heavy atom. The third-order valence-electron chi connectivity index (χ3n) is 10.1. The summed E-state index contributed by atoms with van der Waals surface area (Å²) in [6.45, 7) is 6.23. The molecule has 0 atom stereocenters. The van der Waals surface area contributed by atoms with E-state index in [1.165, 1.54) is 66.8 Å². The van der Waals surface area contributed by atoms with Crippen LogP contribution in [0.25, 0.3) is 61.7 Å². The van der Waals surface area contributed by atoms with Crippen molar-refractivity contribution < 1.29 is 0 Å². The molecule has 0 N–H and O–H groups in total. The van der Waals surface area contributed by atoms with Gasteiger partial charge in [-0.05, 0) is 122 Å². The highest BCUT2D eigenvalue weighted by molar-refractivity contribution is 5.88. The largest absolute Gasteiger partial charge is 0.311 e. The van der Waals surface area contributed by atoms with Gasteiger partial charge in [-0.15, -0.1) is 0 Å². The van der Waals surface area contributed by atoms with Gasteiger partial charge in [0.2, 0.25) is 0 Å². The molecule has 0 heterocycles. The van der Waals surface area contributed by atoms with Crippen molar-refractivity contribution in [3.63, 3.8) is 0 Å². The molecule has 8 aromatic carbocycles. The Kier molecular flexibility index (Phi) is 9.64. The van der Waals surface area contributed by atoms with Crippen LogP contribution in [0.5, 0.6) is 0 Å². The van der Waals surface area contributed by atoms with Crippen LogP contribution in [0, 0.1) is 0 Å². The average Bonchev–Trinajstić information content (AvgIpc) is 3.25. The third-order valence-corrected chi connectivity index (χ3v) is 10.1. The van der Waals surface area contributed by atoms with Crippen LogP contribution in [0.2, 0.25) is 0 Å². The summed E-state index contributed by atoms with van der Waals surface area (Å²) in [4.78, 5) is 2.32. The van der Waals surface area contributed by atoms with Crippen molar-refractivity contribution in [1.82, 2.24) is 0 Å². The first-order chi connectivity index (χ1) is 26.2. The van der Waals surface area contributed by atoms with Gasteiger partial charge in [0, 0.05) is 17.1 Å². The maximum atomic E-state index is 4.04. The van der Waals surface area contributed by atoms with Crippen molar-refractivity contribution in [3.05, 3.63) is 218 Å². The minimum absolute atomic E-state index is 0.996. The summed E-state index contributed by atoms with van der Waals surface area (Å²) in [6, 6.07) is 72.1. The van der Waals surface area contributed by atoms with Gasteiger partial charge in [-0.25, -0.2) is 0 Å². The van der Waals surface area contributed by atoms with E-state index in [0.29, 0.717) is 0 Å². The predicted molar refractivity (Wildman–Crippen MR) is 228 cm³/mol. The molecular formula is C52H41N. The maximum Gasteiger partial charge on any atom is 0.0462 e. The molecule has 0 aliphatic rings. The first kappa shape index (κ1) is 33.4. The van der Waals surface area contributed by atoms with E-state index >= 15 is 0 Å². The summed E-state index contributed by atoms with van der Waals surface area (Å²) >= 11 is 0. The number of benzene rings is 8. The number of nitrogens with zero attached hydrogens (tertiary/aromatic N) is 1. The molecule has 254 valence electrons. The summed E-state index contributed by atoms with van der Waals surface area (Å²) in [5.41, 5.74) is 17.9. The van der Waals surface area contributed by atoms with Gasteiger partial charge < -0.3 is 4.90 Å². The van der Waals surface area contributed by atoms with E-state index in [1.807, 2.05) is 6.08 Å². The summed E-state index contributed by atoms with van der Waals surface area (Å²) in [7, 11) is 0. The lowest BCUT2D eigenvalue weighted by molar-refractivity contribution is 1.13. The molecule has 0 spiro atoms. The average molecular weight is 680 g/mol. The number of hydrogen-bond acceptors (Lipinski definition) is 1. The van der Waals surface area contributed by atoms with Crippen LogP contribution in [-0.4, -0.2) is 0 Å². The Hall–Kier alpha value is -6.70. The van der Waals surface area contributed by atoms with E-state index in [2.05, 4.69) is 219 Å². The fourth-order valence-corrected chi connectivity index (χ4v) is 7.22. The minimum atomic E-state index is 0.996. The molecule has 53 heavy (non-hydrogen) atoms. The number of para-hydroxylation sites is 1. The lowest BCUT2D eigenvalue weighted by Gasteiger charge is -2.26. The second kappa shape index (κ2) is 15.3. The summed E-state index contributed by atoms with van der Waals surface area (Å²) < 4.78 is 0. The quantitative estimate of drug-likeness (QED) is 0.139. The third kappa shape index (κ3) is 7.11. The lowest BCUT2D eigenvalue weighted by Crippen LogP contribution is -2.09. The topological polar surface area (TPSA) is 3.24 Å². The molecule has 0 amide bonds. The monoisotopic (exact) mass is 679 g/mol. The van der Waals surface area contributed by atoms with Gasteiger partial charge in [-0.3, -0.25) is 0 Å². The van der Waals surface area contributed by atoms with Gasteiger partial charge in [0.15, 0.2) is 0 Å². The Morgan fingerprint density at radius 1 is 0.377 bits per heavy atom. The van der Waals surface area contributed by atoms with E-state index in [0.717, 1.165) is 23.5 Å². The summed E-state index contributed by atoms with van der Waals surface area (Å²) in [6.07, 6.45) is 2.95. The van der Waals surface area contributed by atoms with E-state index in [1.54, 1.807) is 0 Å². The van der Waals surface area contributed by atoms with Crippen LogP contribution in [0.4, 0.5) is 17.1 Å². The molecule has 0 aliphatic heterocycles. The van der Waals surface area contributed by atoms with Gasteiger partial charge in [-0.1, -0.05) is 171 Å². The van der Waals surface area contributed by atoms with Crippen molar-refractivity contribution in [3.8, 4) is 55.6 Å². The fourth-order valence-electron chi connectivity index (χ4n) is 7.22. The Balaban J connectivity index is 1.09. The van der Waals surface area contributed by atoms with Crippen LogP contribution >= 0.6 is 0 Å². The summed E-state index contributed by atoms with van der Waals surface area (Å²) in [5, 5.41) is 0. The normalized spacial score (nSPS) is 10.9. The van der Waals surface area contributed by atoms with Crippen LogP contribution in [-0.2, 0) is 6.42 Å². The molecule has 8 aromatic rings. The highest BCUT2D eigenvalue weighted by Crippen LogP contribution is 2.39. The van der Waals surface area contributed by atoms with Crippen LogP contribution in [0.1, 0.15) is 18.1 Å². The number of rotatable bonds is 10. The zero-order valence-corrected chi connectivity index (χ0v) is 30.0. The standard InChI is InChI=1S/C52H41N/c1-3-38-20-25-46(36-39(38)4-2)43-28-33-50(34-29-43)53(48-18-12-7-13-19-48)49-31-26-42(27-32-49)41-21-23-45(24-22-41)52-37-47(40-14-8-5-9-15-40)30-35-51(52)44-16-10-6-11-17-44/h4-37H,2-3H2,1H3. The van der Waals surface area contributed by atoms with Crippen molar-refractivity contribution in [2.75, 3.05) is 4.90 Å².